The third-order valence-electron chi connectivity index (χ3n) is 5.89. The minimum Gasteiger partial charge on any atom is -0.379 e. The van der Waals surface area contributed by atoms with Crippen LogP contribution in [0.5, 0.6) is 0 Å². The molecule has 1 aromatic carbocycles. The molecule has 1 aliphatic rings. The number of ether oxygens (including phenoxy) is 1. The first-order valence-electron chi connectivity index (χ1n) is 10.2. The van der Waals surface area contributed by atoms with Crippen LogP contribution >= 0.6 is 0 Å². The van der Waals surface area contributed by atoms with Gasteiger partial charge in [-0.25, -0.2) is 4.79 Å². The van der Waals surface area contributed by atoms with E-state index in [0.29, 0.717) is 25.4 Å². The summed E-state index contributed by atoms with van der Waals surface area (Å²) in [6.07, 6.45) is -0.234. The molecule has 11 heteroatoms. The molecule has 1 saturated heterocycles. The van der Waals surface area contributed by atoms with Crippen molar-refractivity contribution in [3.63, 3.8) is 0 Å². The average Bonchev–Trinajstić information content (AvgIpc) is 3.14. The van der Waals surface area contributed by atoms with Crippen LogP contribution in [0.2, 0.25) is 0 Å². The number of carbonyl (C=O) groups is 1. The first kappa shape index (κ1) is 24.9. The van der Waals surface area contributed by atoms with Gasteiger partial charge < -0.3 is 15.0 Å². The van der Waals surface area contributed by atoms with Gasteiger partial charge in [0.05, 0.1) is 36.3 Å². The van der Waals surface area contributed by atoms with Crippen LogP contribution in [-0.4, -0.2) is 60.0 Å². The predicted molar refractivity (Wildman–Crippen MR) is 122 cm³/mol. The van der Waals surface area contributed by atoms with E-state index in [4.69, 9.17) is 15.6 Å². The van der Waals surface area contributed by atoms with E-state index in [0.717, 1.165) is 39.4 Å². The Bertz CT molecular complexity index is 1260. The number of nitrogens with zero attached hydrogens (tertiary/aromatic N) is 3. The van der Waals surface area contributed by atoms with E-state index < -0.39 is 17.4 Å². The highest BCUT2D eigenvalue weighted by Crippen LogP contribution is 2.37. The number of halogens is 3. The number of alkyl halides is 3. The summed E-state index contributed by atoms with van der Waals surface area (Å²) >= 11 is 0. The Morgan fingerprint density at radius 1 is 1.24 bits per heavy atom. The number of benzene rings is 1. The Balaban J connectivity index is 0.00000158. The first-order valence-corrected chi connectivity index (χ1v) is 10.2. The van der Waals surface area contributed by atoms with Gasteiger partial charge in [0.1, 0.15) is 0 Å². The van der Waals surface area contributed by atoms with Crippen molar-refractivity contribution >= 4 is 24.9 Å². The van der Waals surface area contributed by atoms with Crippen molar-refractivity contribution in [2.45, 2.75) is 18.0 Å². The van der Waals surface area contributed by atoms with Gasteiger partial charge in [-0.3, -0.25) is 19.2 Å². The molecule has 4 rings (SSSR count). The molecule has 0 amide bonds. The fraction of sp³-hybridized carbons (Fsp3) is 0.304. The van der Waals surface area contributed by atoms with Crippen LogP contribution in [0.25, 0.3) is 11.2 Å². The molecule has 2 aromatic heterocycles. The summed E-state index contributed by atoms with van der Waals surface area (Å²) < 4.78 is 48.1. The fourth-order valence-electron chi connectivity index (χ4n) is 3.93. The lowest BCUT2D eigenvalue weighted by Gasteiger charge is -2.43. The van der Waals surface area contributed by atoms with Crippen molar-refractivity contribution in [1.82, 2.24) is 13.9 Å². The summed E-state index contributed by atoms with van der Waals surface area (Å²) in [5, 5.41) is 12.8. The Kier molecular flexibility index (Phi) is 7.06. The Hall–Kier alpha value is -3.73. The van der Waals surface area contributed by atoms with E-state index in [1.54, 1.807) is 30.1 Å². The van der Waals surface area contributed by atoms with Crippen molar-refractivity contribution in [2.75, 3.05) is 26.8 Å². The molecule has 3 aromatic rings. The lowest BCUT2D eigenvalue weighted by Crippen LogP contribution is -2.48. The smallest absolute Gasteiger partial charge is 0.379 e. The van der Waals surface area contributed by atoms with Gasteiger partial charge in [-0.2, -0.15) is 13.2 Å². The molecule has 1 fully saturated rings. The minimum absolute atomic E-state index is 0.237. The highest BCUT2D eigenvalue weighted by Gasteiger charge is 2.40. The number of nitrogens with one attached hydrogen (secondary N) is 2. The normalized spacial score (nSPS) is 14.6. The number of pyridine rings is 1. The number of imidazole rings is 1. The molecule has 8 nitrogen and oxygen atoms in total. The van der Waals surface area contributed by atoms with Crippen LogP contribution in [-0.2, 0) is 16.3 Å². The zero-order valence-electron chi connectivity index (χ0n) is 18.4. The first-order chi connectivity index (χ1) is 16.2. The molecular formula is C23H24F3N5O3. The summed E-state index contributed by atoms with van der Waals surface area (Å²) in [5.41, 5.74) is -1.28. The summed E-state index contributed by atoms with van der Waals surface area (Å²) in [5.74, 6) is 0. The molecule has 0 atom stereocenters. The van der Waals surface area contributed by atoms with Crippen LogP contribution < -0.4 is 5.69 Å². The monoisotopic (exact) mass is 475 g/mol. The van der Waals surface area contributed by atoms with Gasteiger partial charge in [-0.05, 0) is 36.9 Å². The van der Waals surface area contributed by atoms with E-state index in [1.165, 1.54) is 6.34 Å². The third kappa shape index (κ3) is 4.51. The fourth-order valence-corrected chi connectivity index (χ4v) is 3.93. The second-order valence-electron chi connectivity index (χ2n) is 8.02. The SMILES string of the molecule is C=N.CN(C=N)CCC1(c2cccc(-n3cc4c(C(F)(F)F)cc(C=O)cn4c3=O)c2)COC1. The van der Waals surface area contributed by atoms with E-state index in [9.17, 15) is 22.8 Å². The van der Waals surface area contributed by atoms with Crippen molar-refractivity contribution in [1.29, 1.82) is 10.8 Å². The maximum Gasteiger partial charge on any atom is 0.418 e. The number of aldehydes is 1. The highest BCUT2D eigenvalue weighted by molar-refractivity contribution is 5.77. The molecule has 0 spiro atoms. The average molecular weight is 475 g/mol. The van der Waals surface area contributed by atoms with Crippen molar-refractivity contribution < 1.29 is 22.7 Å². The maximum atomic E-state index is 13.6. The third-order valence-corrected chi connectivity index (χ3v) is 5.89. The van der Waals surface area contributed by atoms with E-state index >= 15 is 0 Å². The number of carbonyl (C=O) groups excluding carboxylic acids is 1. The molecule has 0 unspecified atom stereocenters. The van der Waals surface area contributed by atoms with Crippen molar-refractivity contribution in [2.24, 2.45) is 0 Å². The largest absolute Gasteiger partial charge is 0.418 e. The molecule has 180 valence electrons. The molecule has 0 aliphatic carbocycles. The number of hydrogen-bond acceptors (Lipinski definition) is 5. The van der Waals surface area contributed by atoms with Gasteiger partial charge in [0.25, 0.3) is 0 Å². The van der Waals surface area contributed by atoms with Crippen LogP contribution in [0.15, 0.2) is 47.5 Å². The molecule has 0 radical (unpaired) electrons. The number of hydrogen-bond donors (Lipinski definition) is 2. The Morgan fingerprint density at radius 2 is 1.94 bits per heavy atom. The predicted octanol–water partition coefficient (Wildman–Crippen LogP) is 3.38. The lowest BCUT2D eigenvalue weighted by molar-refractivity contribution is -0.136. The van der Waals surface area contributed by atoms with Crippen LogP contribution in [0, 0.1) is 10.8 Å². The van der Waals surface area contributed by atoms with Gasteiger partial charge in [-0.15, -0.1) is 0 Å². The zero-order valence-corrected chi connectivity index (χ0v) is 18.4. The molecule has 2 N–H and O–H groups in total. The van der Waals surface area contributed by atoms with E-state index in [2.05, 4.69) is 6.72 Å². The summed E-state index contributed by atoms with van der Waals surface area (Å²) in [7, 11) is 1.80. The molecule has 0 saturated carbocycles. The number of aromatic nitrogens is 2. The summed E-state index contributed by atoms with van der Waals surface area (Å²) in [6, 6.07) is 7.82. The summed E-state index contributed by atoms with van der Waals surface area (Å²) in [6.45, 7) is 4.10. The minimum atomic E-state index is -4.72. The van der Waals surface area contributed by atoms with Crippen molar-refractivity contribution in [3.05, 3.63) is 69.9 Å². The van der Waals surface area contributed by atoms with Gasteiger partial charge in [-0.1, -0.05) is 12.1 Å². The van der Waals surface area contributed by atoms with Crippen LogP contribution in [0.1, 0.15) is 27.9 Å². The Morgan fingerprint density at radius 3 is 2.50 bits per heavy atom. The van der Waals surface area contributed by atoms with Crippen LogP contribution in [0.4, 0.5) is 13.2 Å². The standard InChI is InChI=1S/C22H21F3N4O3.CH3N/c1-27(14-26)6-5-21(12-32-13-21)16-3-2-4-17(8-16)28-10-19-18(22(23,24)25)7-15(11-30)9-29(19)20(28)31;1-2/h2-4,7-11,14,26H,5-6,12-13H2,1H3;2H,1H2. The van der Waals surface area contributed by atoms with Gasteiger partial charge in [0.15, 0.2) is 6.29 Å². The van der Waals surface area contributed by atoms with E-state index in [-0.39, 0.29) is 22.8 Å². The second-order valence-corrected chi connectivity index (χ2v) is 8.02. The zero-order chi connectivity index (χ0) is 25.1. The maximum absolute atomic E-state index is 13.6. The number of fused-ring (bicyclic) bond motifs is 1. The Labute approximate surface area is 193 Å². The molecule has 34 heavy (non-hydrogen) atoms. The summed E-state index contributed by atoms with van der Waals surface area (Å²) in [4.78, 5) is 25.8. The molecule has 1 aliphatic heterocycles. The second kappa shape index (κ2) is 9.64. The molecular weight excluding hydrogens is 451 g/mol. The number of rotatable bonds is 7. The van der Waals surface area contributed by atoms with E-state index in [1.807, 2.05) is 6.07 Å². The topological polar surface area (TPSA) is 104 Å². The molecule has 0 bridgehead atoms. The van der Waals surface area contributed by atoms with Crippen molar-refractivity contribution in [3.8, 4) is 5.69 Å². The highest BCUT2D eigenvalue weighted by atomic mass is 19.4. The quantitative estimate of drug-likeness (QED) is 0.311. The van der Waals surface area contributed by atoms with Gasteiger partial charge in [0, 0.05) is 37.0 Å². The van der Waals surface area contributed by atoms with Gasteiger partial charge >= 0.3 is 11.9 Å². The molecule has 3 heterocycles. The lowest BCUT2D eigenvalue weighted by atomic mass is 9.75. The van der Waals surface area contributed by atoms with Crippen LogP contribution in [0.3, 0.4) is 0 Å². The van der Waals surface area contributed by atoms with Gasteiger partial charge in [0.2, 0.25) is 0 Å².